The molecule has 3 aromatic rings. The highest BCUT2D eigenvalue weighted by Gasteiger charge is 2.26. The first-order valence-corrected chi connectivity index (χ1v) is 8.84. The maximum atomic E-state index is 12.3. The number of carbonyl (C=O) groups is 1. The standard InChI is InChI=1S/C19H18N2O3S/c1-3-23-18(22)16(14-10-5-4-6-11-14)25-19-21-20-17(24-19)15-12-8-7-9-13(15)2/h4-12,16H,3H2,1-2H3/t16-/m1/s1. The van der Waals surface area contributed by atoms with Crippen molar-refractivity contribution in [2.24, 2.45) is 0 Å². The van der Waals surface area contributed by atoms with E-state index in [1.165, 1.54) is 11.8 Å². The number of benzene rings is 2. The molecule has 5 nitrogen and oxygen atoms in total. The maximum absolute atomic E-state index is 12.3. The van der Waals surface area contributed by atoms with Crippen LogP contribution in [0, 0.1) is 6.92 Å². The summed E-state index contributed by atoms with van der Waals surface area (Å²) in [5.74, 6) is 0.116. The second kappa shape index (κ2) is 7.98. The summed E-state index contributed by atoms with van der Waals surface area (Å²) in [7, 11) is 0. The summed E-state index contributed by atoms with van der Waals surface area (Å²) in [6.07, 6.45) is 0. The van der Waals surface area contributed by atoms with Gasteiger partial charge in [-0.2, -0.15) is 0 Å². The summed E-state index contributed by atoms with van der Waals surface area (Å²) in [4.78, 5) is 12.3. The van der Waals surface area contributed by atoms with Gasteiger partial charge in [0.05, 0.1) is 6.61 Å². The molecule has 1 heterocycles. The predicted molar refractivity (Wildman–Crippen MR) is 96.1 cm³/mol. The fraction of sp³-hybridized carbons (Fsp3) is 0.211. The molecular weight excluding hydrogens is 336 g/mol. The lowest BCUT2D eigenvalue weighted by Gasteiger charge is -2.13. The fourth-order valence-electron chi connectivity index (χ4n) is 2.38. The first-order chi connectivity index (χ1) is 12.2. The molecule has 0 saturated carbocycles. The third-order valence-corrected chi connectivity index (χ3v) is 4.67. The van der Waals surface area contributed by atoms with Crippen LogP contribution in [0.25, 0.3) is 11.5 Å². The number of hydrogen-bond acceptors (Lipinski definition) is 6. The molecule has 0 amide bonds. The zero-order valence-corrected chi connectivity index (χ0v) is 14.8. The number of thioether (sulfide) groups is 1. The summed E-state index contributed by atoms with van der Waals surface area (Å²) in [5.41, 5.74) is 2.77. The van der Waals surface area contributed by atoms with Crippen molar-refractivity contribution in [1.29, 1.82) is 0 Å². The van der Waals surface area contributed by atoms with E-state index in [4.69, 9.17) is 9.15 Å². The van der Waals surface area contributed by atoms with Crippen molar-refractivity contribution in [3.63, 3.8) is 0 Å². The van der Waals surface area contributed by atoms with Gasteiger partial charge in [-0.05, 0) is 42.8 Å². The van der Waals surface area contributed by atoms with E-state index in [-0.39, 0.29) is 5.97 Å². The van der Waals surface area contributed by atoms with Crippen LogP contribution in [0.4, 0.5) is 0 Å². The second-order valence-corrected chi connectivity index (χ2v) is 6.41. The van der Waals surface area contributed by atoms with Crippen molar-refractivity contribution in [3.8, 4) is 11.5 Å². The van der Waals surface area contributed by atoms with E-state index in [1.807, 2.05) is 61.5 Å². The van der Waals surface area contributed by atoms with Crippen molar-refractivity contribution >= 4 is 17.7 Å². The Morgan fingerprint density at radius 3 is 2.56 bits per heavy atom. The number of ether oxygens (including phenoxy) is 1. The average molecular weight is 354 g/mol. The number of esters is 1. The Morgan fingerprint density at radius 2 is 1.84 bits per heavy atom. The minimum absolute atomic E-state index is 0.320. The van der Waals surface area contributed by atoms with Gasteiger partial charge in [-0.3, -0.25) is 4.79 Å². The molecule has 0 aliphatic heterocycles. The molecule has 1 aromatic heterocycles. The van der Waals surface area contributed by atoms with E-state index in [1.54, 1.807) is 6.92 Å². The van der Waals surface area contributed by atoms with Crippen LogP contribution in [-0.2, 0) is 9.53 Å². The van der Waals surface area contributed by atoms with Crippen LogP contribution in [0.5, 0.6) is 0 Å². The molecule has 0 radical (unpaired) electrons. The highest BCUT2D eigenvalue weighted by Crippen LogP contribution is 2.36. The summed E-state index contributed by atoms with van der Waals surface area (Å²) < 4.78 is 11.0. The van der Waals surface area contributed by atoms with Gasteiger partial charge in [-0.15, -0.1) is 10.2 Å². The van der Waals surface area contributed by atoms with E-state index >= 15 is 0 Å². The van der Waals surface area contributed by atoms with Gasteiger partial charge in [0, 0.05) is 5.56 Å². The summed E-state index contributed by atoms with van der Waals surface area (Å²) in [6.45, 7) is 4.09. The molecule has 0 saturated heterocycles. The molecule has 0 aliphatic carbocycles. The number of hydrogen-bond donors (Lipinski definition) is 0. The normalized spacial score (nSPS) is 11.9. The van der Waals surface area contributed by atoms with Crippen LogP contribution in [0.15, 0.2) is 64.2 Å². The molecule has 0 spiro atoms. The number of rotatable bonds is 6. The van der Waals surface area contributed by atoms with Crippen LogP contribution in [0.1, 0.15) is 23.3 Å². The number of aromatic nitrogens is 2. The molecule has 6 heteroatoms. The van der Waals surface area contributed by atoms with Gasteiger partial charge in [0.2, 0.25) is 5.89 Å². The molecule has 3 rings (SSSR count). The molecule has 1 atom stereocenters. The smallest absolute Gasteiger partial charge is 0.324 e. The van der Waals surface area contributed by atoms with Crippen LogP contribution >= 0.6 is 11.8 Å². The summed E-state index contributed by atoms with van der Waals surface area (Å²) >= 11 is 1.20. The third kappa shape index (κ3) is 4.09. The lowest BCUT2D eigenvalue weighted by Crippen LogP contribution is -2.13. The molecular formula is C19H18N2O3S. The predicted octanol–water partition coefficient (Wildman–Crippen LogP) is 4.44. The molecule has 0 unspecified atom stereocenters. The number of carbonyl (C=O) groups excluding carboxylic acids is 1. The van der Waals surface area contributed by atoms with Gasteiger partial charge in [-0.1, -0.05) is 48.5 Å². The molecule has 128 valence electrons. The quantitative estimate of drug-likeness (QED) is 0.481. The van der Waals surface area contributed by atoms with Gasteiger partial charge in [-0.25, -0.2) is 0 Å². The molecule has 0 N–H and O–H groups in total. The lowest BCUT2D eigenvalue weighted by atomic mass is 10.1. The minimum atomic E-state index is -0.550. The molecule has 0 bridgehead atoms. The first-order valence-electron chi connectivity index (χ1n) is 7.96. The highest BCUT2D eigenvalue weighted by molar-refractivity contribution is 8.00. The Kier molecular flexibility index (Phi) is 5.50. The molecule has 25 heavy (non-hydrogen) atoms. The van der Waals surface area contributed by atoms with Crippen LogP contribution < -0.4 is 0 Å². The highest BCUT2D eigenvalue weighted by atomic mass is 32.2. The first kappa shape index (κ1) is 17.2. The van der Waals surface area contributed by atoms with Crippen LogP contribution in [0.2, 0.25) is 0 Å². The summed E-state index contributed by atoms with van der Waals surface area (Å²) in [5, 5.41) is 7.97. The van der Waals surface area contributed by atoms with Crippen molar-refractivity contribution in [2.75, 3.05) is 6.61 Å². The van der Waals surface area contributed by atoms with Gasteiger partial charge in [0.25, 0.3) is 5.22 Å². The van der Waals surface area contributed by atoms with E-state index < -0.39 is 5.25 Å². The van der Waals surface area contributed by atoms with E-state index in [2.05, 4.69) is 10.2 Å². The van der Waals surface area contributed by atoms with E-state index in [0.717, 1.165) is 16.7 Å². The summed E-state index contributed by atoms with van der Waals surface area (Å²) in [6, 6.07) is 17.2. The molecule has 2 aromatic carbocycles. The van der Waals surface area contributed by atoms with Gasteiger partial charge < -0.3 is 9.15 Å². The zero-order chi connectivity index (χ0) is 17.6. The second-order valence-electron chi connectivity index (χ2n) is 5.35. The Bertz CT molecular complexity index is 849. The third-order valence-electron chi connectivity index (χ3n) is 3.60. The monoisotopic (exact) mass is 354 g/mol. The largest absolute Gasteiger partial charge is 0.465 e. The van der Waals surface area contributed by atoms with Crippen LogP contribution in [0.3, 0.4) is 0 Å². The average Bonchev–Trinajstić information content (AvgIpc) is 3.09. The maximum Gasteiger partial charge on any atom is 0.324 e. The van der Waals surface area contributed by atoms with Gasteiger partial charge in [0.1, 0.15) is 5.25 Å². The minimum Gasteiger partial charge on any atom is -0.465 e. The lowest BCUT2D eigenvalue weighted by molar-refractivity contribution is -0.142. The fourth-order valence-corrected chi connectivity index (χ4v) is 3.25. The number of nitrogens with zero attached hydrogens (tertiary/aromatic N) is 2. The van der Waals surface area contributed by atoms with E-state index in [0.29, 0.717) is 17.7 Å². The Labute approximate surface area is 150 Å². The Morgan fingerprint density at radius 1 is 1.12 bits per heavy atom. The SMILES string of the molecule is CCOC(=O)[C@H](Sc1nnc(-c2ccccc2C)o1)c1ccccc1. The van der Waals surface area contributed by atoms with Crippen molar-refractivity contribution in [3.05, 3.63) is 65.7 Å². The van der Waals surface area contributed by atoms with Gasteiger partial charge >= 0.3 is 5.97 Å². The zero-order valence-electron chi connectivity index (χ0n) is 14.0. The Balaban J connectivity index is 1.86. The Hall–Kier alpha value is -2.60. The topological polar surface area (TPSA) is 65.2 Å². The van der Waals surface area contributed by atoms with Crippen molar-refractivity contribution < 1.29 is 13.9 Å². The molecule has 0 fully saturated rings. The number of aryl methyl sites for hydroxylation is 1. The van der Waals surface area contributed by atoms with Crippen molar-refractivity contribution in [1.82, 2.24) is 10.2 Å². The van der Waals surface area contributed by atoms with Crippen molar-refractivity contribution in [2.45, 2.75) is 24.3 Å². The van der Waals surface area contributed by atoms with E-state index in [9.17, 15) is 4.79 Å². The van der Waals surface area contributed by atoms with Gasteiger partial charge in [0.15, 0.2) is 0 Å². The van der Waals surface area contributed by atoms with Crippen LogP contribution in [-0.4, -0.2) is 22.8 Å². The molecule has 0 aliphatic rings.